The minimum atomic E-state index is -0.433. The first-order valence-corrected chi connectivity index (χ1v) is 7.35. The van der Waals surface area contributed by atoms with Crippen LogP contribution in [0.5, 0.6) is 0 Å². The molecule has 0 fully saturated rings. The largest absolute Gasteiger partial charge is 0.383 e. The molecule has 1 aromatic heterocycles. The summed E-state index contributed by atoms with van der Waals surface area (Å²) in [5.74, 6) is -1.16. The third-order valence-corrected chi connectivity index (χ3v) is 3.25. The zero-order chi connectivity index (χ0) is 17.4. The molecule has 2 amide bonds. The van der Waals surface area contributed by atoms with E-state index < -0.39 is 5.91 Å². The standard InChI is InChI=1S/C17H18FN3O3/c1-24-7-6-20-16(22)13-8-14(10-19-9-13)17(23)21-11-12-4-2-3-5-15(12)18/h2-5,8-10H,6-7,11H2,1H3,(H,20,22)(H,21,23). The second-order valence-electron chi connectivity index (χ2n) is 4.99. The minimum absolute atomic E-state index is 0.0514. The van der Waals surface area contributed by atoms with E-state index in [1.54, 1.807) is 18.2 Å². The number of methoxy groups -OCH3 is 1. The smallest absolute Gasteiger partial charge is 0.253 e. The first-order valence-electron chi connectivity index (χ1n) is 7.35. The molecule has 2 aromatic rings. The van der Waals surface area contributed by atoms with Crippen molar-refractivity contribution < 1.29 is 18.7 Å². The van der Waals surface area contributed by atoms with Crippen molar-refractivity contribution in [2.75, 3.05) is 20.3 Å². The first-order chi connectivity index (χ1) is 11.6. The Bertz CT molecular complexity index is 722. The number of carbonyl (C=O) groups excluding carboxylic acids is 2. The summed E-state index contributed by atoms with van der Waals surface area (Å²) in [5, 5.41) is 5.25. The summed E-state index contributed by atoms with van der Waals surface area (Å²) in [5.41, 5.74) is 0.877. The number of ether oxygens (including phenoxy) is 1. The van der Waals surface area contributed by atoms with Crippen LogP contribution in [0.25, 0.3) is 0 Å². The van der Waals surface area contributed by atoms with Crippen molar-refractivity contribution in [2.45, 2.75) is 6.54 Å². The molecular formula is C17H18FN3O3. The highest BCUT2D eigenvalue weighted by molar-refractivity contribution is 5.99. The first kappa shape index (κ1) is 17.6. The van der Waals surface area contributed by atoms with Gasteiger partial charge < -0.3 is 15.4 Å². The average Bonchev–Trinajstić information content (AvgIpc) is 2.61. The van der Waals surface area contributed by atoms with Gasteiger partial charge in [-0.3, -0.25) is 14.6 Å². The van der Waals surface area contributed by atoms with Gasteiger partial charge in [0.05, 0.1) is 17.7 Å². The number of benzene rings is 1. The molecule has 0 radical (unpaired) electrons. The molecule has 0 aliphatic carbocycles. The molecule has 0 atom stereocenters. The van der Waals surface area contributed by atoms with Gasteiger partial charge in [-0.2, -0.15) is 0 Å². The highest BCUT2D eigenvalue weighted by Crippen LogP contribution is 2.07. The number of halogens is 1. The highest BCUT2D eigenvalue weighted by Gasteiger charge is 2.11. The van der Waals surface area contributed by atoms with Gasteiger partial charge in [0.15, 0.2) is 0 Å². The zero-order valence-electron chi connectivity index (χ0n) is 13.2. The fraction of sp³-hybridized carbons (Fsp3) is 0.235. The van der Waals surface area contributed by atoms with Crippen molar-refractivity contribution in [3.05, 3.63) is 65.2 Å². The number of carbonyl (C=O) groups is 2. The molecule has 24 heavy (non-hydrogen) atoms. The van der Waals surface area contributed by atoms with E-state index in [1.807, 2.05) is 0 Å². The second-order valence-corrected chi connectivity index (χ2v) is 4.99. The lowest BCUT2D eigenvalue weighted by Crippen LogP contribution is -2.28. The number of aromatic nitrogens is 1. The molecule has 0 spiro atoms. The molecule has 7 heteroatoms. The number of nitrogens with one attached hydrogen (secondary N) is 2. The van der Waals surface area contributed by atoms with E-state index in [0.29, 0.717) is 18.7 Å². The predicted octanol–water partition coefficient (Wildman–Crippen LogP) is 1.53. The van der Waals surface area contributed by atoms with Crippen molar-refractivity contribution in [1.82, 2.24) is 15.6 Å². The number of nitrogens with zero attached hydrogens (tertiary/aromatic N) is 1. The van der Waals surface area contributed by atoms with E-state index in [4.69, 9.17) is 4.74 Å². The van der Waals surface area contributed by atoms with Crippen molar-refractivity contribution >= 4 is 11.8 Å². The fourth-order valence-corrected chi connectivity index (χ4v) is 1.98. The third kappa shape index (κ3) is 4.85. The number of rotatable bonds is 7. The Balaban J connectivity index is 1.98. The Morgan fingerprint density at radius 1 is 1.12 bits per heavy atom. The summed E-state index contributed by atoms with van der Waals surface area (Å²) in [6.07, 6.45) is 2.72. The molecule has 126 valence electrons. The maximum Gasteiger partial charge on any atom is 0.253 e. The Labute approximate surface area is 139 Å². The van der Waals surface area contributed by atoms with Crippen LogP contribution in [0.3, 0.4) is 0 Å². The topological polar surface area (TPSA) is 80.3 Å². The lowest BCUT2D eigenvalue weighted by Gasteiger charge is -2.08. The molecule has 0 saturated heterocycles. The Hall–Kier alpha value is -2.80. The molecular weight excluding hydrogens is 313 g/mol. The van der Waals surface area contributed by atoms with E-state index >= 15 is 0 Å². The van der Waals surface area contributed by atoms with Crippen molar-refractivity contribution in [2.24, 2.45) is 0 Å². The Morgan fingerprint density at radius 2 is 1.79 bits per heavy atom. The molecule has 6 nitrogen and oxygen atoms in total. The fourth-order valence-electron chi connectivity index (χ4n) is 1.98. The van der Waals surface area contributed by atoms with Gasteiger partial charge in [-0.05, 0) is 12.1 Å². The molecule has 1 aromatic carbocycles. The molecule has 1 heterocycles. The highest BCUT2D eigenvalue weighted by atomic mass is 19.1. The average molecular weight is 331 g/mol. The maximum atomic E-state index is 13.5. The van der Waals surface area contributed by atoms with Crippen LogP contribution < -0.4 is 10.6 Å². The lowest BCUT2D eigenvalue weighted by molar-refractivity contribution is 0.0936. The number of pyridine rings is 1. The number of amides is 2. The molecule has 0 bridgehead atoms. The van der Waals surface area contributed by atoms with Gasteiger partial charge in [-0.1, -0.05) is 18.2 Å². The van der Waals surface area contributed by atoms with Crippen LogP contribution in [0, 0.1) is 5.82 Å². The summed E-state index contributed by atoms with van der Waals surface area (Å²) in [6.45, 7) is 0.802. The van der Waals surface area contributed by atoms with E-state index in [2.05, 4.69) is 15.6 Å². The maximum absolute atomic E-state index is 13.5. The molecule has 0 saturated carbocycles. The quantitative estimate of drug-likeness (QED) is 0.754. The van der Waals surface area contributed by atoms with Gasteiger partial charge in [0.2, 0.25) is 0 Å². The summed E-state index contributed by atoms with van der Waals surface area (Å²) in [7, 11) is 1.54. The van der Waals surface area contributed by atoms with Gasteiger partial charge in [0.25, 0.3) is 11.8 Å². The van der Waals surface area contributed by atoms with E-state index in [1.165, 1.54) is 31.6 Å². The van der Waals surface area contributed by atoms with Gasteiger partial charge in [0.1, 0.15) is 5.82 Å². The van der Waals surface area contributed by atoms with Crippen LogP contribution in [0.1, 0.15) is 26.3 Å². The van der Waals surface area contributed by atoms with Crippen LogP contribution in [0.4, 0.5) is 4.39 Å². The minimum Gasteiger partial charge on any atom is -0.383 e. The molecule has 2 rings (SSSR count). The summed E-state index contributed by atoms with van der Waals surface area (Å²) in [6, 6.07) is 7.63. The normalized spacial score (nSPS) is 10.2. The van der Waals surface area contributed by atoms with Crippen LogP contribution in [-0.4, -0.2) is 37.1 Å². The SMILES string of the molecule is COCCNC(=O)c1cncc(C(=O)NCc2ccccc2F)c1. The van der Waals surface area contributed by atoms with Gasteiger partial charge in [-0.15, -0.1) is 0 Å². The monoisotopic (exact) mass is 331 g/mol. The lowest BCUT2D eigenvalue weighted by atomic mass is 10.1. The van der Waals surface area contributed by atoms with Crippen LogP contribution in [0.15, 0.2) is 42.7 Å². The van der Waals surface area contributed by atoms with Crippen molar-refractivity contribution in [1.29, 1.82) is 0 Å². The van der Waals surface area contributed by atoms with Gasteiger partial charge in [0, 0.05) is 38.2 Å². The van der Waals surface area contributed by atoms with Gasteiger partial charge >= 0.3 is 0 Å². The van der Waals surface area contributed by atoms with Crippen LogP contribution in [-0.2, 0) is 11.3 Å². The van der Waals surface area contributed by atoms with Gasteiger partial charge in [-0.25, -0.2) is 4.39 Å². The van der Waals surface area contributed by atoms with Crippen LogP contribution >= 0.6 is 0 Å². The molecule has 0 unspecified atom stereocenters. The summed E-state index contributed by atoms with van der Waals surface area (Å²) in [4.78, 5) is 28.0. The second kappa shape index (κ2) is 8.73. The van der Waals surface area contributed by atoms with Crippen molar-refractivity contribution in [3.63, 3.8) is 0 Å². The predicted molar refractivity (Wildman–Crippen MR) is 86.0 cm³/mol. The van der Waals surface area contributed by atoms with E-state index in [-0.39, 0.29) is 29.4 Å². The number of hydrogen-bond donors (Lipinski definition) is 2. The van der Waals surface area contributed by atoms with E-state index in [0.717, 1.165) is 0 Å². The van der Waals surface area contributed by atoms with E-state index in [9.17, 15) is 14.0 Å². The van der Waals surface area contributed by atoms with Crippen LogP contribution in [0.2, 0.25) is 0 Å². The summed E-state index contributed by atoms with van der Waals surface area (Å²) < 4.78 is 18.4. The number of hydrogen-bond acceptors (Lipinski definition) is 4. The van der Waals surface area contributed by atoms with Crippen molar-refractivity contribution in [3.8, 4) is 0 Å². The summed E-state index contributed by atoms with van der Waals surface area (Å²) >= 11 is 0. The Kier molecular flexibility index (Phi) is 6.39. The zero-order valence-corrected chi connectivity index (χ0v) is 13.2. The molecule has 0 aliphatic rings. The Morgan fingerprint density at radius 3 is 2.46 bits per heavy atom. The molecule has 0 aliphatic heterocycles. The molecule has 2 N–H and O–H groups in total. The third-order valence-electron chi connectivity index (χ3n) is 3.25.